The van der Waals surface area contributed by atoms with Crippen molar-refractivity contribution < 1.29 is 9.90 Å². The Hall–Kier alpha value is -1.79. The number of amides is 1. The van der Waals surface area contributed by atoms with Gasteiger partial charge in [-0.3, -0.25) is 4.79 Å². The van der Waals surface area contributed by atoms with E-state index in [0.29, 0.717) is 23.9 Å². The van der Waals surface area contributed by atoms with Gasteiger partial charge in [0, 0.05) is 23.6 Å². The fourth-order valence-electron chi connectivity index (χ4n) is 2.24. The molecule has 0 radical (unpaired) electrons. The molecule has 3 nitrogen and oxygen atoms in total. The lowest BCUT2D eigenvalue weighted by Gasteiger charge is -2.06. The molecule has 0 heterocycles. The Morgan fingerprint density at radius 2 is 2.30 bits per heavy atom. The third-order valence-corrected chi connectivity index (χ3v) is 3.72. The van der Waals surface area contributed by atoms with E-state index in [2.05, 4.69) is 24.1 Å². The lowest BCUT2D eigenvalue weighted by molar-refractivity contribution is 0.0949. The zero-order chi connectivity index (χ0) is 14.5. The van der Waals surface area contributed by atoms with Gasteiger partial charge in [0.15, 0.2) is 0 Å². The van der Waals surface area contributed by atoms with E-state index in [4.69, 9.17) is 5.11 Å². The Morgan fingerprint density at radius 1 is 1.50 bits per heavy atom. The van der Waals surface area contributed by atoms with E-state index in [0.717, 1.165) is 24.0 Å². The van der Waals surface area contributed by atoms with E-state index in [9.17, 15) is 4.79 Å². The molecular formula is C17H21NO2. The van der Waals surface area contributed by atoms with Crippen LogP contribution in [0.5, 0.6) is 0 Å². The Balaban J connectivity index is 2.07. The number of aryl methyl sites for hydroxylation is 1. The zero-order valence-corrected chi connectivity index (χ0v) is 12.1. The van der Waals surface area contributed by atoms with Gasteiger partial charge in [0.25, 0.3) is 5.91 Å². The molecule has 1 aliphatic carbocycles. The molecule has 0 saturated heterocycles. The number of hydrogen-bond acceptors (Lipinski definition) is 2. The normalized spacial score (nSPS) is 19.9. The first-order valence-electron chi connectivity index (χ1n) is 7.17. The van der Waals surface area contributed by atoms with Crippen LogP contribution in [-0.2, 0) is 0 Å². The Morgan fingerprint density at radius 3 is 2.95 bits per heavy atom. The van der Waals surface area contributed by atoms with Crippen LogP contribution in [0, 0.1) is 24.7 Å². The lowest BCUT2D eigenvalue weighted by atomic mass is 10.0. The van der Waals surface area contributed by atoms with Gasteiger partial charge in [-0.25, -0.2) is 0 Å². The van der Waals surface area contributed by atoms with Crippen LogP contribution in [0.15, 0.2) is 18.2 Å². The van der Waals surface area contributed by atoms with Crippen molar-refractivity contribution in [3.05, 3.63) is 34.9 Å². The number of carbonyl (C=O) groups excluding carboxylic acids is 1. The summed E-state index contributed by atoms with van der Waals surface area (Å²) in [5.74, 6) is 6.53. The van der Waals surface area contributed by atoms with Crippen LogP contribution in [0.4, 0.5) is 0 Å². The average molecular weight is 271 g/mol. The predicted octanol–water partition coefficient (Wildman–Crippen LogP) is 2.26. The van der Waals surface area contributed by atoms with Gasteiger partial charge in [-0.2, -0.15) is 0 Å². The topological polar surface area (TPSA) is 49.3 Å². The molecular weight excluding hydrogens is 250 g/mol. The SMILES string of the molecule is CCC1CC1NC(=O)c1ccc(C)c(C#CCCO)c1. The molecule has 2 unspecified atom stereocenters. The van der Waals surface area contributed by atoms with E-state index in [1.165, 1.54) is 0 Å². The molecule has 0 aliphatic heterocycles. The molecule has 1 aromatic rings. The summed E-state index contributed by atoms with van der Waals surface area (Å²) in [6.07, 6.45) is 2.67. The van der Waals surface area contributed by atoms with E-state index in [1.54, 1.807) is 0 Å². The molecule has 1 saturated carbocycles. The van der Waals surface area contributed by atoms with Gasteiger partial charge >= 0.3 is 0 Å². The molecule has 1 fully saturated rings. The first kappa shape index (κ1) is 14.6. The van der Waals surface area contributed by atoms with Gasteiger partial charge in [-0.05, 0) is 37.0 Å². The van der Waals surface area contributed by atoms with Crippen LogP contribution in [0.2, 0.25) is 0 Å². The third-order valence-electron chi connectivity index (χ3n) is 3.72. The van der Waals surface area contributed by atoms with Gasteiger partial charge in [0.05, 0.1) is 6.61 Å². The molecule has 0 bridgehead atoms. The molecule has 2 N–H and O–H groups in total. The summed E-state index contributed by atoms with van der Waals surface area (Å²) in [5, 5.41) is 11.8. The fourth-order valence-corrected chi connectivity index (χ4v) is 2.24. The summed E-state index contributed by atoms with van der Waals surface area (Å²) in [7, 11) is 0. The van der Waals surface area contributed by atoms with Crippen molar-refractivity contribution in [2.24, 2.45) is 5.92 Å². The van der Waals surface area contributed by atoms with Crippen molar-refractivity contribution in [3.8, 4) is 11.8 Å². The highest BCUT2D eigenvalue weighted by atomic mass is 16.2. The summed E-state index contributed by atoms with van der Waals surface area (Å²) in [5.41, 5.74) is 2.56. The number of nitrogens with one attached hydrogen (secondary N) is 1. The number of carbonyl (C=O) groups is 1. The number of hydrogen-bond donors (Lipinski definition) is 2. The minimum atomic E-state index is -0.0174. The van der Waals surface area contributed by atoms with Crippen molar-refractivity contribution in [1.29, 1.82) is 0 Å². The summed E-state index contributed by atoms with van der Waals surface area (Å²) < 4.78 is 0. The second-order valence-electron chi connectivity index (χ2n) is 5.29. The van der Waals surface area contributed by atoms with Crippen molar-refractivity contribution in [2.45, 2.75) is 39.2 Å². The van der Waals surface area contributed by atoms with E-state index >= 15 is 0 Å². The summed E-state index contributed by atoms with van der Waals surface area (Å²) in [4.78, 5) is 12.2. The maximum absolute atomic E-state index is 12.2. The predicted molar refractivity (Wildman–Crippen MR) is 79.4 cm³/mol. The van der Waals surface area contributed by atoms with Crippen LogP contribution < -0.4 is 5.32 Å². The fraction of sp³-hybridized carbons (Fsp3) is 0.471. The second-order valence-corrected chi connectivity index (χ2v) is 5.29. The molecule has 1 amide bonds. The summed E-state index contributed by atoms with van der Waals surface area (Å²) in [6, 6.07) is 5.93. The van der Waals surface area contributed by atoms with E-state index < -0.39 is 0 Å². The zero-order valence-electron chi connectivity index (χ0n) is 12.1. The van der Waals surface area contributed by atoms with Crippen molar-refractivity contribution in [2.75, 3.05) is 6.61 Å². The maximum atomic E-state index is 12.2. The quantitative estimate of drug-likeness (QED) is 0.825. The Bertz CT molecular complexity index is 554. The van der Waals surface area contributed by atoms with Crippen molar-refractivity contribution in [1.82, 2.24) is 5.32 Å². The van der Waals surface area contributed by atoms with Crippen LogP contribution in [0.1, 0.15) is 47.7 Å². The molecule has 0 spiro atoms. The Kier molecular flexibility index (Phi) is 4.81. The molecule has 0 aromatic heterocycles. The minimum absolute atomic E-state index is 0.0174. The number of rotatable bonds is 4. The standard InChI is InChI=1S/C17H21NO2/c1-3-13-11-16(13)18-17(20)15-8-7-12(2)14(10-15)6-4-5-9-19/h7-8,10,13,16,19H,3,5,9,11H2,1-2H3,(H,18,20). The van der Waals surface area contributed by atoms with Crippen LogP contribution in [0.3, 0.4) is 0 Å². The molecule has 2 atom stereocenters. The molecule has 20 heavy (non-hydrogen) atoms. The molecule has 2 rings (SSSR count). The van der Waals surface area contributed by atoms with Crippen molar-refractivity contribution in [3.63, 3.8) is 0 Å². The number of benzene rings is 1. The van der Waals surface area contributed by atoms with Crippen LogP contribution >= 0.6 is 0 Å². The molecule has 1 aromatic carbocycles. The van der Waals surface area contributed by atoms with Crippen LogP contribution in [-0.4, -0.2) is 23.7 Å². The van der Waals surface area contributed by atoms with E-state index in [-0.39, 0.29) is 12.5 Å². The minimum Gasteiger partial charge on any atom is -0.395 e. The largest absolute Gasteiger partial charge is 0.395 e. The number of aliphatic hydroxyl groups excluding tert-OH is 1. The first-order chi connectivity index (χ1) is 9.65. The monoisotopic (exact) mass is 271 g/mol. The average Bonchev–Trinajstić information content (AvgIpc) is 3.19. The smallest absolute Gasteiger partial charge is 0.251 e. The highest BCUT2D eigenvalue weighted by Crippen LogP contribution is 2.33. The third kappa shape index (κ3) is 3.61. The summed E-state index contributed by atoms with van der Waals surface area (Å²) >= 11 is 0. The summed E-state index contributed by atoms with van der Waals surface area (Å²) in [6.45, 7) is 4.18. The van der Waals surface area contributed by atoms with E-state index in [1.807, 2.05) is 25.1 Å². The van der Waals surface area contributed by atoms with Gasteiger partial charge in [0.2, 0.25) is 0 Å². The number of aliphatic hydroxyl groups is 1. The Labute approximate surface area is 120 Å². The van der Waals surface area contributed by atoms with Crippen LogP contribution in [0.25, 0.3) is 0 Å². The second kappa shape index (κ2) is 6.58. The van der Waals surface area contributed by atoms with Gasteiger partial charge in [-0.15, -0.1) is 0 Å². The molecule has 106 valence electrons. The maximum Gasteiger partial charge on any atom is 0.251 e. The molecule has 3 heteroatoms. The first-order valence-corrected chi connectivity index (χ1v) is 7.17. The van der Waals surface area contributed by atoms with Gasteiger partial charge in [-0.1, -0.05) is 31.3 Å². The highest BCUT2D eigenvalue weighted by Gasteiger charge is 2.36. The van der Waals surface area contributed by atoms with Gasteiger partial charge in [0.1, 0.15) is 0 Å². The lowest BCUT2D eigenvalue weighted by Crippen LogP contribution is -2.26. The highest BCUT2D eigenvalue weighted by molar-refractivity contribution is 5.95. The molecule has 1 aliphatic rings. The van der Waals surface area contributed by atoms with Gasteiger partial charge < -0.3 is 10.4 Å². The van der Waals surface area contributed by atoms with Crippen molar-refractivity contribution >= 4 is 5.91 Å².